The second-order valence-electron chi connectivity index (χ2n) is 1.28. The van der Waals surface area contributed by atoms with Gasteiger partial charge >= 0.3 is 0 Å². The predicted octanol–water partition coefficient (Wildman–Crippen LogP) is -1.04. The van der Waals surface area contributed by atoms with Crippen LogP contribution in [-0.4, -0.2) is 31.7 Å². The number of carbonyl (C=O) groups excluding carboxylic acids is 1. The average Bonchev–Trinajstić information content (AvgIpc) is 1.84. The highest BCUT2D eigenvalue weighted by Crippen LogP contribution is 1.78. The molecule has 48 valence electrons. The lowest BCUT2D eigenvalue weighted by Crippen LogP contribution is -2.31. The van der Waals surface area contributed by atoms with Crippen LogP contribution >= 0.6 is 0 Å². The molecule has 1 amide bonds. The van der Waals surface area contributed by atoms with Crippen LogP contribution < -0.4 is 5.73 Å². The van der Waals surface area contributed by atoms with Gasteiger partial charge < -0.3 is 5.73 Å². The van der Waals surface area contributed by atoms with Crippen LogP contribution in [0.15, 0.2) is 0 Å². The topological polar surface area (TPSA) is 55.6 Å². The first-order chi connectivity index (χ1) is 3.72. The molecule has 0 aromatic heterocycles. The van der Waals surface area contributed by atoms with Gasteiger partial charge in [-0.15, -0.1) is 0 Å². The zero-order valence-electron chi connectivity index (χ0n) is 5.05. The summed E-state index contributed by atoms with van der Waals surface area (Å²) in [4.78, 5) is 14.9. The Balaban J connectivity index is 3.46. The quantitative estimate of drug-likeness (QED) is 0.471. The lowest BCUT2D eigenvalue weighted by atomic mass is 10.6. The Morgan fingerprint density at radius 1 is 1.88 bits per heavy atom. The minimum absolute atomic E-state index is 0.00958. The van der Waals surface area contributed by atoms with Crippen LogP contribution in [0.25, 0.3) is 0 Å². The minimum Gasteiger partial charge on any atom is -0.322 e. The monoisotopic (exact) mass is 118 g/mol. The van der Waals surface area contributed by atoms with E-state index in [1.54, 1.807) is 0 Å². The number of likely N-dealkylation sites (N-methyl/N-ethyl adjacent to an activating group) is 1. The summed E-state index contributed by atoms with van der Waals surface area (Å²) in [5.74, 6) is -0.229. The van der Waals surface area contributed by atoms with Crippen LogP contribution in [0, 0.1) is 0 Å². The van der Waals surface area contributed by atoms with Crippen molar-refractivity contribution in [1.82, 2.24) is 5.06 Å². The molecule has 0 aromatic carbocycles. The van der Waals surface area contributed by atoms with Crippen LogP contribution in [0.1, 0.15) is 0 Å². The fraction of sp³-hybridized carbons (Fsp3) is 0.750. The normalized spacial score (nSPS) is 8.88. The minimum atomic E-state index is -0.229. The largest absolute Gasteiger partial charge is 0.322 e. The Labute approximate surface area is 48.2 Å². The molecular formula is C4H10N2O2. The molecule has 0 heterocycles. The molecule has 0 unspecified atom stereocenters. The summed E-state index contributed by atoms with van der Waals surface area (Å²) >= 11 is 0. The summed E-state index contributed by atoms with van der Waals surface area (Å²) in [5, 5.41) is 1.08. The Hall–Kier alpha value is -0.610. The second-order valence-corrected chi connectivity index (χ2v) is 1.28. The van der Waals surface area contributed by atoms with Crippen molar-refractivity contribution in [3.63, 3.8) is 0 Å². The molecule has 4 nitrogen and oxygen atoms in total. The maximum absolute atomic E-state index is 10.4. The first-order valence-electron chi connectivity index (χ1n) is 2.23. The Morgan fingerprint density at radius 3 is 2.50 bits per heavy atom. The maximum Gasteiger partial charge on any atom is 0.259 e. The lowest BCUT2D eigenvalue weighted by Gasteiger charge is -2.10. The number of hydroxylamine groups is 2. The summed E-state index contributed by atoms with van der Waals surface area (Å²) in [6, 6.07) is 0. The Morgan fingerprint density at radius 2 is 2.38 bits per heavy atom. The van der Waals surface area contributed by atoms with Gasteiger partial charge in [-0.3, -0.25) is 9.63 Å². The van der Waals surface area contributed by atoms with Gasteiger partial charge in [0.2, 0.25) is 0 Å². The first-order valence-corrected chi connectivity index (χ1v) is 2.23. The van der Waals surface area contributed by atoms with Gasteiger partial charge in [-0.25, -0.2) is 5.06 Å². The predicted molar refractivity (Wildman–Crippen MR) is 28.8 cm³/mol. The molecule has 0 saturated carbocycles. The molecule has 8 heavy (non-hydrogen) atoms. The van der Waals surface area contributed by atoms with E-state index in [9.17, 15) is 4.79 Å². The van der Waals surface area contributed by atoms with Crippen molar-refractivity contribution in [2.75, 3.05) is 20.7 Å². The van der Waals surface area contributed by atoms with Crippen molar-refractivity contribution in [2.24, 2.45) is 5.73 Å². The maximum atomic E-state index is 10.4. The van der Waals surface area contributed by atoms with Gasteiger partial charge in [0.1, 0.15) is 0 Å². The number of hydrogen-bond donors (Lipinski definition) is 1. The van der Waals surface area contributed by atoms with Gasteiger partial charge in [0, 0.05) is 7.05 Å². The standard InChI is InChI=1S/C4H10N2O2/c1-6(8-2)4(7)3-5/h3,5H2,1-2H3. The van der Waals surface area contributed by atoms with Crippen molar-refractivity contribution >= 4 is 5.91 Å². The highest BCUT2D eigenvalue weighted by atomic mass is 16.7. The van der Waals surface area contributed by atoms with Crippen molar-refractivity contribution < 1.29 is 9.63 Å². The molecule has 0 bridgehead atoms. The van der Waals surface area contributed by atoms with Gasteiger partial charge in [0.25, 0.3) is 5.91 Å². The zero-order valence-corrected chi connectivity index (χ0v) is 5.05. The van der Waals surface area contributed by atoms with E-state index in [0.29, 0.717) is 0 Å². The van der Waals surface area contributed by atoms with E-state index >= 15 is 0 Å². The Kier molecular flexibility index (Phi) is 3.14. The lowest BCUT2D eigenvalue weighted by molar-refractivity contribution is -0.166. The van der Waals surface area contributed by atoms with Gasteiger partial charge in [0.05, 0.1) is 13.7 Å². The number of carbonyl (C=O) groups is 1. The number of hydrogen-bond acceptors (Lipinski definition) is 3. The number of amides is 1. The number of rotatable bonds is 2. The highest BCUT2D eigenvalue weighted by Gasteiger charge is 2.01. The molecule has 0 aromatic rings. The molecule has 0 aliphatic heterocycles. The van der Waals surface area contributed by atoms with Crippen molar-refractivity contribution in [3.8, 4) is 0 Å². The first kappa shape index (κ1) is 7.39. The van der Waals surface area contributed by atoms with E-state index in [0.717, 1.165) is 5.06 Å². The summed E-state index contributed by atoms with van der Waals surface area (Å²) in [5.41, 5.74) is 4.98. The van der Waals surface area contributed by atoms with Crippen LogP contribution in [-0.2, 0) is 9.63 Å². The van der Waals surface area contributed by atoms with E-state index in [1.165, 1.54) is 14.2 Å². The summed E-state index contributed by atoms with van der Waals surface area (Å²) in [6.07, 6.45) is 0. The van der Waals surface area contributed by atoms with Crippen molar-refractivity contribution in [1.29, 1.82) is 0 Å². The molecule has 0 aliphatic carbocycles. The molecule has 0 radical (unpaired) electrons. The molecule has 0 saturated heterocycles. The fourth-order valence-electron chi connectivity index (χ4n) is 0.230. The molecule has 2 N–H and O–H groups in total. The van der Waals surface area contributed by atoms with E-state index in [2.05, 4.69) is 4.84 Å². The third-order valence-electron chi connectivity index (χ3n) is 0.800. The Bertz CT molecular complexity index is 84.1. The number of nitrogens with two attached hydrogens (primary N) is 1. The van der Waals surface area contributed by atoms with Gasteiger partial charge in [0.15, 0.2) is 0 Å². The second kappa shape index (κ2) is 3.40. The van der Waals surface area contributed by atoms with E-state index in [-0.39, 0.29) is 12.5 Å². The van der Waals surface area contributed by atoms with E-state index in [1.807, 2.05) is 0 Å². The van der Waals surface area contributed by atoms with Gasteiger partial charge in [-0.2, -0.15) is 0 Å². The molecule has 4 heteroatoms. The third kappa shape index (κ3) is 1.90. The molecule has 0 fully saturated rings. The van der Waals surface area contributed by atoms with Crippen LogP contribution in [0.5, 0.6) is 0 Å². The van der Waals surface area contributed by atoms with Crippen LogP contribution in [0.2, 0.25) is 0 Å². The molecule has 0 atom stereocenters. The highest BCUT2D eigenvalue weighted by molar-refractivity contribution is 5.76. The molecular weight excluding hydrogens is 108 g/mol. The van der Waals surface area contributed by atoms with Crippen LogP contribution in [0.3, 0.4) is 0 Å². The number of nitrogens with zero attached hydrogens (tertiary/aromatic N) is 1. The van der Waals surface area contributed by atoms with Crippen LogP contribution in [0.4, 0.5) is 0 Å². The summed E-state index contributed by atoms with van der Waals surface area (Å²) in [6.45, 7) is -0.00958. The SMILES string of the molecule is CON(C)C(=O)CN. The van der Waals surface area contributed by atoms with Crippen molar-refractivity contribution in [2.45, 2.75) is 0 Å². The van der Waals surface area contributed by atoms with Gasteiger partial charge in [-0.1, -0.05) is 0 Å². The van der Waals surface area contributed by atoms with Gasteiger partial charge in [-0.05, 0) is 0 Å². The molecule has 0 rings (SSSR count). The smallest absolute Gasteiger partial charge is 0.259 e. The average molecular weight is 118 g/mol. The summed E-state index contributed by atoms with van der Waals surface area (Å²) < 4.78 is 0. The van der Waals surface area contributed by atoms with E-state index < -0.39 is 0 Å². The third-order valence-corrected chi connectivity index (χ3v) is 0.800. The summed E-state index contributed by atoms with van der Waals surface area (Å²) in [7, 11) is 2.92. The van der Waals surface area contributed by atoms with Crippen molar-refractivity contribution in [3.05, 3.63) is 0 Å². The molecule has 0 spiro atoms. The fourth-order valence-corrected chi connectivity index (χ4v) is 0.230. The van der Waals surface area contributed by atoms with E-state index in [4.69, 9.17) is 5.73 Å². The molecule has 0 aliphatic rings. The zero-order chi connectivity index (χ0) is 6.57.